The molecule has 0 saturated carbocycles. The van der Waals surface area contributed by atoms with Crippen molar-refractivity contribution < 1.29 is 0 Å². The molecule has 5 aromatic rings. The van der Waals surface area contributed by atoms with E-state index in [4.69, 9.17) is 4.98 Å². The highest BCUT2D eigenvalue weighted by atomic mass is 15.2. The summed E-state index contributed by atoms with van der Waals surface area (Å²) < 4.78 is 2.39. The third-order valence-corrected chi connectivity index (χ3v) is 6.88. The fraction of sp³-hybridized carbons (Fsp3) is 0.129. The van der Waals surface area contributed by atoms with Crippen LogP contribution in [0.5, 0.6) is 0 Å². The van der Waals surface area contributed by atoms with Crippen molar-refractivity contribution >= 4 is 33.3 Å². The third-order valence-electron chi connectivity index (χ3n) is 6.88. The number of benzene rings is 3. The SMILES string of the molecule is C=CC1c2cnc3c4ccccc4n(-c4cccc(C)c4)c3c2N(c2ccccc2)C1/C=C\C. The average molecular weight is 442 g/mol. The minimum Gasteiger partial charge on any atom is -0.332 e. The van der Waals surface area contributed by atoms with E-state index in [2.05, 4.69) is 133 Å². The second-order valence-electron chi connectivity index (χ2n) is 8.93. The fourth-order valence-electron chi connectivity index (χ4n) is 5.49. The van der Waals surface area contributed by atoms with Crippen LogP contribution in [-0.2, 0) is 0 Å². The van der Waals surface area contributed by atoms with Crippen LogP contribution in [0, 0.1) is 6.92 Å². The molecule has 1 aliphatic heterocycles. The fourth-order valence-corrected chi connectivity index (χ4v) is 5.49. The van der Waals surface area contributed by atoms with E-state index in [9.17, 15) is 0 Å². The average Bonchev–Trinajstić information content (AvgIpc) is 3.37. The zero-order valence-electron chi connectivity index (χ0n) is 19.5. The summed E-state index contributed by atoms with van der Waals surface area (Å²) in [5.74, 6) is 0.146. The van der Waals surface area contributed by atoms with Crippen molar-refractivity contribution in [3.8, 4) is 5.69 Å². The molecule has 3 aromatic carbocycles. The lowest BCUT2D eigenvalue weighted by Gasteiger charge is -2.28. The van der Waals surface area contributed by atoms with Gasteiger partial charge in [0.05, 0.1) is 28.3 Å². The molecule has 34 heavy (non-hydrogen) atoms. The number of hydrogen-bond acceptors (Lipinski definition) is 2. The number of aryl methyl sites for hydroxylation is 1. The first kappa shape index (κ1) is 20.5. The van der Waals surface area contributed by atoms with Crippen molar-refractivity contribution in [3.63, 3.8) is 0 Å². The number of nitrogens with zero attached hydrogens (tertiary/aromatic N) is 3. The molecule has 2 atom stereocenters. The molecule has 166 valence electrons. The zero-order chi connectivity index (χ0) is 23.2. The standard InChI is InChI=1S/C31H27N3/c1-4-12-27-24(5-2)26-20-32-29-25-17-9-10-18-28(25)34(23-16-11-13-21(3)19-23)31(29)30(26)33(27)22-14-7-6-8-15-22/h4-20,24,27H,2H2,1,3H3/b12-4-. The minimum absolute atomic E-state index is 0.135. The topological polar surface area (TPSA) is 21.1 Å². The molecular formula is C31H27N3. The van der Waals surface area contributed by atoms with Crippen LogP contribution in [0.4, 0.5) is 11.4 Å². The van der Waals surface area contributed by atoms with Crippen LogP contribution < -0.4 is 4.90 Å². The van der Waals surface area contributed by atoms with Crippen LogP contribution >= 0.6 is 0 Å². The molecule has 0 radical (unpaired) electrons. The number of aromatic nitrogens is 2. The molecule has 0 fully saturated rings. The van der Waals surface area contributed by atoms with Gasteiger partial charge < -0.3 is 9.47 Å². The van der Waals surface area contributed by atoms with Gasteiger partial charge in [-0.15, -0.1) is 6.58 Å². The first-order valence-corrected chi connectivity index (χ1v) is 11.8. The van der Waals surface area contributed by atoms with Crippen molar-refractivity contribution in [2.45, 2.75) is 25.8 Å². The van der Waals surface area contributed by atoms with Crippen LogP contribution in [0.25, 0.3) is 27.6 Å². The van der Waals surface area contributed by atoms with E-state index in [0.717, 1.165) is 16.7 Å². The molecular weight excluding hydrogens is 414 g/mol. The highest BCUT2D eigenvalue weighted by Crippen LogP contribution is 2.51. The van der Waals surface area contributed by atoms with Gasteiger partial charge in [0.25, 0.3) is 0 Å². The number of pyridine rings is 1. The van der Waals surface area contributed by atoms with Crippen LogP contribution in [0.2, 0.25) is 0 Å². The summed E-state index contributed by atoms with van der Waals surface area (Å²) in [6, 6.07) is 28.1. The predicted octanol–water partition coefficient (Wildman–Crippen LogP) is 7.85. The number of anilines is 2. The van der Waals surface area contributed by atoms with Gasteiger partial charge in [-0.2, -0.15) is 0 Å². The normalized spacial score (nSPS) is 17.6. The van der Waals surface area contributed by atoms with Crippen molar-refractivity contribution in [2.75, 3.05) is 4.90 Å². The molecule has 3 heteroatoms. The van der Waals surface area contributed by atoms with Crippen LogP contribution in [0.3, 0.4) is 0 Å². The van der Waals surface area contributed by atoms with E-state index >= 15 is 0 Å². The monoisotopic (exact) mass is 441 g/mol. The van der Waals surface area contributed by atoms with Crippen LogP contribution in [0.15, 0.2) is 110 Å². The van der Waals surface area contributed by atoms with Gasteiger partial charge in [-0.3, -0.25) is 4.98 Å². The summed E-state index contributed by atoms with van der Waals surface area (Å²) in [5.41, 5.74) is 9.32. The van der Waals surface area contributed by atoms with Gasteiger partial charge in [0.2, 0.25) is 0 Å². The van der Waals surface area contributed by atoms with Gasteiger partial charge in [0, 0.05) is 34.4 Å². The first-order valence-electron chi connectivity index (χ1n) is 11.8. The van der Waals surface area contributed by atoms with Crippen molar-refractivity contribution in [1.29, 1.82) is 0 Å². The molecule has 0 spiro atoms. The lowest BCUT2D eigenvalue weighted by molar-refractivity contribution is 0.751. The molecule has 0 aliphatic carbocycles. The quantitative estimate of drug-likeness (QED) is 0.265. The largest absolute Gasteiger partial charge is 0.332 e. The van der Waals surface area contributed by atoms with Gasteiger partial charge >= 0.3 is 0 Å². The Balaban J connectivity index is 1.79. The smallest absolute Gasteiger partial charge is 0.0985 e. The number of rotatable bonds is 4. The highest BCUT2D eigenvalue weighted by molar-refractivity contribution is 6.13. The van der Waals surface area contributed by atoms with E-state index in [1.54, 1.807) is 0 Å². The predicted molar refractivity (Wildman–Crippen MR) is 143 cm³/mol. The van der Waals surface area contributed by atoms with Crippen molar-refractivity contribution in [1.82, 2.24) is 9.55 Å². The van der Waals surface area contributed by atoms with Gasteiger partial charge in [-0.05, 0) is 49.7 Å². The molecule has 0 N–H and O–H groups in total. The molecule has 1 aliphatic rings. The molecule has 3 nitrogen and oxygen atoms in total. The van der Waals surface area contributed by atoms with Crippen molar-refractivity contribution in [2.24, 2.45) is 0 Å². The summed E-state index contributed by atoms with van der Waals surface area (Å²) in [5, 5.41) is 1.17. The number of para-hydroxylation sites is 2. The van der Waals surface area contributed by atoms with Crippen LogP contribution in [0.1, 0.15) is 24.0 Å². The first-order chi connectivity index (χ1) is 16.7. The molecule has 3 heterocycles. The van der Waals surface area contributed by atoms with Crippen molar-refractivity contribution in [3.05, 3.63) is 121 Å². The van der Waals surface area contributed by atoms with E-state index in [-0.39, 0.29) is 12.0 Å². The molecule has 2 unspecified atom stereocenters. The zero-order valence-corrected chi connectivity index (χ0v) is 19.5. The van der Waals surface area contributed by atoms with E-state index in [1.165, 1.54) is 33.4 Å². The molecule has 0 saturated heterocycles. The second-order valence-corrected chi connectivity index (χ2v) is 8.93. The highest BCUT2D eigenvalue weighted by Gasteiger charge is 2.39. The van der Waals surface area contributed by atoms with Gasteiger partial charge in [-0.1, -0.05) is 66.8 Å². The minimum atomic E-state index is 0.135. The lowest BCUT2D eigenvalue weighted by Crippen LogP contribution is -2.27. The molecule has 2 aromatic heterocycles. The maximum Gasteiger partial charge on any atom is 0.0985 e. The number of fused-ring (bicyclic) bond motifs is 5. The van der Waals surface area contributed by atoms with Gasteiger partial charge in [0.1, 0.15) is 0 Å². The Labute approximate surface area is 200 Å². The molecule has 6 rings (SSSR count). The number of allylic oxidation sites excluding steroid dienone is 1. The Morgan fingerprint density at radius 2 is 1.68 bits per heavy atom. The van der Waals surface area contributed by atoms with E-state index in [0.29, 0.717) is 0 Å². The molecule has 0 bridgehead atoms. The summed E-state index contributed by atoms with van der Waals surface area (Å²) in [7, 11) is 0. The van der Waals surface area contributed by atoms with E-state index < -0.39 is 0 Å². The third kappa shape index (κ3) is 2.94. The summed E-state index contributed by atoms with van der Waals surface area (Å²) >= 11 is 0. The Kier molecular flexibility index (Phi) is 4.84. The Hall–Kier alpha value is -4.11. The lowest BCUT2D eigenvalue weighted by atomic mass is 9.95. The Morgan fingerprint density at radius 3 is 2.44 bits per heavy atom. The summed E-state index contributed by atoms with van der Waals surface area (Å²) in [4.78, 5) is 7.52. The Morgan fingerprint density at radius 1 is 0.912 bits per heavy atom. The van der Waals surface area contributed by atoms with E-state index in [1.807, 2.05) is 0 Å². The summed E-state index contributed by atoms with van der Waals surface area (Å²) in [6.45, 7) is 8.45. The second kappa shape index (κ2) is 8.03. The maximum atomic E-state index is 5.05. The van der Waals surface area contributed by atoms with Crippen LogP contribution in [-0.4, -0.2) is 15.6 Å². The summed E-state index contributed by atoms with van der Waals surface area (Å²) in [6.07, 6.45) is 8.56. The van der Waals surface area contributed by atoms with Gasteiger partial charge in [-0.25, -0.2) is 0 Å². The Bertz CT molecular complexity index is 1560. The van der Waals surface area contributed by atoms with Gasteiger partial charge in [0.15, 0.2) is 0 Å². The molecule has 0 amide bonds. The number of hydrogen-bond donors (Lipinski definition) is 0. The maximum absolute atomic E-state index is 5.05.